The van der Waals surface area contributed by atoms with Gasteiger partial charge in [-0.1, -0.05) is 13.0 Å². The van der Waals surface area contributed by atoms with Gasteiger partial charge < -0.3 is 10.2 Å². The van der Waals surface area contributed by atoms with E-state index in [1.54, 1.807) is 4.31 Å². The molecule has 35 heavy (non-hydrogen) atoms. The van der Waals surface area contributed by atoms with Gasteiger partial charge in [-0.25, -0.2) is 8.42 Å². The number of hydrogen-bond acceptors (Lipinski definition) is 5. The molecule has 0 radical (unpaired) electrons. The fraction of sp³-hybridized carbons (Fsp3) is 0.538. The average Bonchev–Trinajstić information content (AvgIpc) is 3.13. The van der Waals surface area contributed by atoms with Crippen LogP contribution in [0.1, 0.15) is 51.6 Å². The summed E-state index contributed by atoms with van der Waals surface area (Å²) in [6, 6.07) is 4.33. The number of fused-ring (bicyclic) bond motifs is 1. The van der Waals surface area contributed by atoms with E-state index in [1.165, 1.54) is 16.2 Å². The number of carbonyl (C=O) groups is 1. The van der Waals surface area contributed by atoms with Gasteiger partial charge in [0.2, 0.25) is 10.0 Å². The summed E-state index contributed by atoms with van der Waals surface area (Å²) in [5.74, 6) is 0.477. The van der Waals surface area contributed by atoms with Gasteiger partial charge in [0, 0.05) is 4.88 Å². The lowest BCUT2D eigenvalue weighted by Crippen LogP contribution is -3.15. The van der Waals surface area contributed by atoms with E-state index in [-0.39, 0.29) is 12.5 Å². The van der Waals surface area contributed by atoms with Crippen molar-refractivity contribution in [3.63, 3.8) is 0 Å². The van der Waals surface area contributed by atoms with E-state index in [0.29, 0.717) is 47.6 Å². The highest BCUT2D eigenvalue weighted by Gasteiger charge is 2.34. The van der Waals surface area contributed by atoms with Crippen LogP contribution in [0.2, 0.25) is 0 Å². The molecule has 1 aromatic heterocycles. The molecule has 1 amide bonds. The molecule has 2 aromatic rings. The van der Waals surface area contributed by atoms with E-state index in [1.807, 2.05) is 33.8 Å². The Morgan fingerprint density at radius 3 is 2.43 bits per heavy atom. The van der Waals surface area contributed by atoms with Crippen LogP contribution in [0.15, 0.2) is 11.0 Å². The largest absolute Gasteiger partial charge is 0.325 e. The van der Waals surface area contributed by atoms with Gasteiger partial charge in [-0.3, -0.25) is 4.79 Å². The molecule has 1 atom stereocenters. The Morgan fingerprint density at radius 1 is 1.20 bits per heavy atom. The van der Waals surface area contributed by atoms with Crippen LogP contribution in [0, 0.1) is 44.9 Å². The van der Waals surface area contributed by atoms with Crippen molar-refractivity contribution in [2.24, 2.45) is 5.92 Å². The van der Waals surface area contributed by atoms with Crippen LogP contribution in [0.3, 0.4) is 0 Å². The Balaban J connectivity index is 1.40. The summed E-state index contributed by atoms with van der Waals surface area (Å²) in [4.78, 5) is 15.5. The van der Waals surface area contributed by atoms with E-state index in [4.69, 9.17) is 0 Å². The third-order valence-corrected chi connectivity index (χ3v) is 11.0. The van der Waals surface area contributed by atoms with E-state index in [0.717, 1.165) is 52.0 Å². The van der Waals surface area contributed by atoms with E-state index in [9.17, 15) is 18.5 Å². The van der Waals surface area contributed by atoms with Gasteiger partial charge in [0.15, 0.2) is 6.54 Å². The summed E-state index contributed by atoms with van der Waals surface area (Å²) in [5, 5.41) is 13.3. The van der Waals surface area contributed by atoms with E-state index in [2.05, 4.69) is 18.3 Å². The zero-order chi connectivity index (χ0) is 25.5. The molecular formula is C26H35N4O3S2+. The maximum atomic E-state index is 13.5. The van der Waals surface area contributed by atoms with Gasteiger partial charge in [-0.2, -0.15) is 9.57 Å². The van der Waals surface area contributed by atoms with Gasteiger partial charge in [0.05, 0.1) is 36.6 Å². The smallest absolute Gasteiger partial charge is 0.280 e. The number of benzene rings is 1. The second-order valence-electron chi connectivity index (χ2n) is 10.1. The maximum absolute atomic E-state index is 13.5. The highest BCUT2D eigenvalue weighted by Crippen LogP contribution is 2.39. The lowest BCUT2D eigenvalue weighted by atomic mass is 9.89. The minimum absolute atomic E-state index is 0.125. The van der Waals surface area contributed by atoms with Crippen LogP contribution in [-0.4, -0.2) is 51.4 Å². The molecule has 0 unspecified atom stereocenters. The molecule has 1 aliphatic carbocycles. The first-order valence-electron chi connectivity index (χ1n) is 12.3. The molecule has 1 aromatic carbocycles. The minimum atomic E-state index is -3.60. The summed E-state index contributed by atoms with van der Waals surface area (Å²) in [7, 11) is -3.60. The number of sulfonamides is 1. The van der Waals surface area contributed by atoms with Gasteiger partial charge >= 0.3 is 0 Å². The molecule has 1 saturated heterocycles. The van der Waals surface area contributed by atoms with Crippen LogP contribution < -0.4 is 10.2 Å². The lowest BCUT2D eigenvalue weighted by molar-refractivity contribution is -0.895. The highest BCUT2D eigenvalue weighted by atomic mass is 32.2. The second-order valence-corrected chi connectivity index (χ2v) is 13.1. The molecule has 2 heterocycles. The number of amides is 1. The predicted octanol–water partition coefficient (Wildman–Crippen LogP) is 2.51. The second kappa shape index (κ2) is 10.0. The maximum Gasteiger partial charge on any atom is 0.280 e. The summed E-state index contributed by atoms with van der Waals surface area (Å²) < 4.78 is 28.6. The first-order chi connectivity index (χ1) is 16.5. The Bertz CT molecular complexity index is 1270. The topological polar surface area (TPSA) is 94.7 Å². The number of quaternary nitrogens is 1. The number of hydrogen-bond donors (Lipinski definition) is 2. The Morgan fingerprint density at radius 2 is 1.83 bits per heavy atom. The fourth-order valence-corrected chi connectivity index (χ4v) is 8.67. The molecule has 4 rings (SSSR count). The number of nitriles is 1. The first-order valence-corrected chi connectivity index (χ1v) is 14.5. The summed E-state index contributed by atoms with van der Waals surface area (Å²) in [6.07, 6.45) is 2.93. The third kappa shape index (κ3) is 5.03. The molecule has 1 aliphatic heterocycles. The van der Waals surface area contributed by atoms with Crippen molar-refractivity contribution in [3.05, 3.63) is 44.3 Å². The number of anilines is 1. The quantitative estimate of drug-likeness (QED) is 0.640. The van der Waals surface area contributed by atoms with Crippen molar-refractivity contribution in [1.29, 1.82) is 5.26 Å². The number of piperazine rings is 1. The Kier molecular flexibility index (Phi) is 7.39. The molecule has 2 N–H and O–H groups in total. The molecule has 188 valence electrons. The van der Waals surface area contributed by atoms with Crippen LogP contribution in [0.4, 0.5) is 5.00 Å². The van der Waals surface area contributed by atoms with Crippen LogP contribution in [0.5, 0.6) is 0 Å². The number of carbonyl (C=O) groups excluding carboxylic acids is 1. The van der Waals surface area contributed by atoms with Crippen molar-refractivity contribution in [3.8, 4) is 6.07 Å². The van der Waals surface area contributed by atoms with Crippen molar-refractivity contribution in [2.45, 2.75) is 58.8 Å². The van der Waals surface area contributed by atoms with Crippen LogP contribution in [-0.2, 0) is 27.7 Å². The predicted molar refractivity (Wildman–Crippen MR) is 139 cm³/mol. The molecule has 2 aliphatic rings. The number of aryl methyl sites for hydroxylation is 2. The van der Waals surface area contributed by atoms with Gasteiger partial charge in [-0.05, 0) is 80.7 Å². The average molecular weight is 516 g/mol. The molecule has 0 bridgehead atoms. The Labute approximate surface area is 212 Å². The third-order valence-electron chi connectivity index (χ3n) is 7.61. The monoisotopic (exact) mass is 515 g/mol. The van der Waals surface area contributed by atoms with Crippen LogP contribution >= 0.6 is 11.3 Å². The van der Waals surface area contributed by atoms with Crippen molar-refractivity contribution >= 4 is 32.3 Å². The van der Waals surface area contributed by atoms with E-state index >= 15 is 0 Å². The summed E-state index contributed by atoms with van der Waals surface area (Å²) >= 11 is 1.54. The summed E-state index contributed by atoms with van der Waals surface area (Å²) in [6.45, 7) is 12.0. The SMILES string of the molecule is Cc1cc(C)c(C)c(S(=O)(=O)N2CC[NH+](CC(=O)Nc3sc4c(c3C#N)CC[C@@H](C)C4)CC2)c1C. The molecular weight excluding hydrogens is 480 g/mol. The van der Waals surface area contributed by atoms with Gasteiger partial charge in [-0.15, -0.1) is 11.3 Å². The number of thiophene rings is 1. The molecule has 1 fully saturated rings. The van der Waals surface area contributed by atoms with Crippen LogP contribution in [0.25, 0.3) is 0 Å². The lowest BCUT2D eigenvalue weighted by Gasteiger charge is -2.32. The standard InChI is InChI=1S/C26H34N4O3S2/c1-16-6-7-21-22(14-27)26(34-23(21)12-16)28-24(31)15-29-8-10-30(11-9-29)35(32,33)25-19(4)17(2)13-18(3)20(25)5/h13,16H,6-12,15H2,1-5H3,(H,28,31)/p+1/t16-/m1/s1. The number of rotatable bonds is 5. The fourth-order valence-electron chi connectivity index (χ4n) is 5.27. The van der Waals surface area contributed by atoms with Crippen molar-refractivity contribution in [1.82, 2.24) is 4.31 Å². The van der Waals surface area contributed by atoms with E-state index < -0.39 is 10.0 Å². The molecule has 0 spiro atoms. The zero-order valence-electron chi connectivity index (χ0n) is 21.2. The highest BCUT2D eigenvalue weighted by molar-refractivity contribution is 7.89. The van der Waals surface area contributed by atoms with Gasteiger partial charge in [0.1, 0.15) is 11.1 Å². The van der Waals surface area contributed by atoms with Gasteiger partial charge in [0.25, 0.3) is 5.91 Å². The van der Waals surface area contributed by atoms with Crippen molar-refractivity contribution < 1.29 is 18.1 Å². The van der Waals surface area contributed by atoms with Crippen molar-refractivity contribution in [2.75, 3.05) is 38.0 Å². The molecule has 0 saturated carbocycles. The zero-order valence-corrected chi connectivity index (χ0v) is 22.9. The first kappa shape index (κ1) is 25.8. The minimum Gasteiger partial charge on any atom is -0.325 e. The molecule has 7 nitrogen and oxygen atoms in total. The molecule has 9 heteroatoms. The number of nitrogens with zero attached hydrogens (tertiary/aromatic N) is 2. The number of nitrogens with one attached hydrogen (secondary N) is 2. The Hall–Kier alpha value is -2.25. The summed E-state index contributed by atoms with van der Waals surface area (Å²) in [5.41, 5.74) is 5.31. The normalized spacial score (nSPS) is 19.3.